The predicted octanol–water partition coefficient (Wildman–Crippen LogP) is 3.30. The van der Waals surface area contributed by atoms with Crippen LogP contribution in [0.25, 0.3) is 0 Å². The van der Waals surface area contributed by atoms with Gasteiger partial charge in [-0.1, -0.05) is 29.8 Å². The Morgan fingerprint density at radius 3 is 2.88 bits per heavy atom. The van der Waals surface area contributed by atoms with E-state index in [0.717, 1.165) is 23.4 Å². The van der Waals surface area contributed by atoms with Gasteiger partial charge in [0.2, 0.25) is 0 Å². The SMILES string of the molecule is S=C1NC2=C(CCC2)[C@@H](c2ccccc2Cl)N1. The molecule has 2 aliphatic rings. The first-order valence-electron chi connectivity index (χ1n) is 5.79. The van der Waals surface area contributed by atoms with Gasteiger partial charge in [0.15, 0.2) is 5.11 Å². The van der Waals surface area contributed by atoms with Crippen molar-refractivity contribution < 1.29 is 0 Å². The van der Waals surface area contributed by atoms with E-state index in [1.807, 2.05) is 18.2 Å². The van der Waals surface area contributed by atoms with Crippen molar-refractivity contribution in [2.75, 3.05) is 0 Å². The van der Waals surface area contributed by atoms with Gasteiger partial charge in [-0.05, 0) is 48.7 Å². The number of hydrogen-bond donors (Lipinski definition) is 2. The molecule has 0 amide bonds. The number of halogens is 1. The zero-order chi connectivity index (χ0) is 11.8. The summed E-state index contributed by atoms with van der Waals surface area (Å²) in [5.74, 6) is 0. The van der Waals surface area contributed by atoms with Crippen LogP contribution < -0.4 is 10.6 Å². The van der Waals surface area contributed by atoms with E-state index in [2.05, 4.69) is 16.7 Å². The van der Waals surface area contributed by atoms with Crippen molar-refractivity contribution in [1.82, 2.24) is 10.6 Å². The third kappa shape index (κ3) is 1.94. The first kappa shape index (κ1) is 11.1. The lowest BCUT2D eigenvalue weighted by atomic mass is 9.96. The average Bonchev–Trinajstić information content (AvgIpc) is 2.76. The van der Waals surface area contributed by atoms with Crippen molar-refractivity contribution in [3.05, 3.63) is 46.1 Å². The third-order valence-electron chi connectivity index (χ3n) is 3.37. The number of benzene rings is 1. The van der Waals surface area contributed by atoms with E-state index in [9.17, 15) is 0 Å². The van der Waals surface area contributed by atoms with Gasteiger partial charge in [-0.25, -0.2) is 0 Å². The highest BCUT2D eigenvalue weighted by atomic mass is 35.5. The van der Waals surface area contributed by atoms with E-state index < -0.39 is 0 Å². The minimum absolute atomic E-state index is 0.148. The van der Waals surface area contributed by atoms with Crippen LogP contribution in [0.1, 0.15) is 30.9 Å². The summed E-state index contributed by atoms with van der Waals surface area (Å²) >= 11 is 11.5. The first-order chi connectivity index (χ1) is 8.25. The number of allylic oxidation sites excluding steroid dienone is 1. The molecule has 4 heteroatoms. The van der Waals surface area contributed by atoms with Gasteiger partial charge in [-0.2, -0.15) is 0 Å². The summed E-state index contributed by atoms with van der Waals surface area (Å²) in [5, 5.41) is 8.08. The molecule has 2 N–H and O–H groups in total. The van der Waals surface area contributed by atoms with Gasteiger partial charge in [-0.15, -0.1) is 0 Å². The monoisotopic (exact) mass is 264 g/mol. The lowest BCUT2D eigenvalue weighted by Crippen LogP contribution is -2.42. The molecule has 1 aliphatic heterocycles. The van der Waals surface area contributed by atoms with Crippen LogP contribution in [0.15, 0.2) is 35.5 Å². The fourth-order valence-corrected chi connectivity index (χ4v) is 3.08. The topological polar surface area (TPSA) is 24.1 Å². The molecule has 0 unspecified atom stereocenters. The molecule has 2 nitrogen and oxygen atoms in total. The molecule has 0 saturated carbocycles. The standard InChI is InChI=1S/C13H13ClN2S/c14-10-6-2-1-4-8(10)12-9-5-3-7-11(9)15-13(17)16-12/h1-2,4,6,12H,3,5,7H2,(H2,15,16,17)/t12-/m1/s1. The first-order valence-corrected chi connectivity index (χ1v) is 6.58. The van der Waals surface area contributed by atoms with Crippen molar-refractivity contribution in [1.29, 1.82) is 0 Å². The summed E-state index contributed by atoms with van der Waals surface area (Å²) in [6.45, 7) is 0. The number of nitrogens with one attached hydrogen (secondary N) is 2. The van der Waals surface area contributed by atoms with Crippen molar-refractivity contribution in [3.8, 4) is 0 Å². The molecule has 0 spiro atoms. The molecule has 3 rings (SSSR count). The van der Waals surface area contributed by atoms with Gasteiger partial charge in [0.05, 0.1) is 6.04 Å². The Kier molecular flexibility index (Phi) is 2.81. The molecule has 1 aliphatic carbocycles. The summed E-state index contributed by atoms with van der Waals surface area (Å²) in [6.07, 6.45) is 3.41. The molecule has 0 fully saturated rings. The number of rotatable bonds is 1. The number of thiocarbonyl (C=S) groups is 1. The second-order valence-electron chi connectivity index (χ2n) is 4.41. The van der Waals surface area contributed by atoms with Crippen LogP contribution in [0.5, 0.6) is 0 Å². The van der Waals surface area contributed by atoms with Gasteiger partial charge in [0.25, 0.3) is 0 Å². The Bertz CT molecular complexity index is 510. The molecule has 17 heavy (non-hydrogen) atoms. The number of hydrogen-bond acceptors (Lipinski definition) is 1. The second-order valence-corrected chi connectivity index (χ2v) is 5.23. The van der Waals surface area contributed by atoms with E-state index in [1.165, 1.54) is 17.7 Å². The zero-order valence-corrected chi connectivity index (χ0v) is 10.9. The molecule has 88 valence electrons. The summed E-state index contributed by atoms with van der Waals surface area (Å²) in [5.41, 5.74) is 3.82. The minimum atomic E-state index is 0.148. The summed E-state index contributed by atoms with van der Waals surface area (Å²) < 4.78 is 0. The predicted molar refractivity (Wildman–Crippen MR) is 73.9 cm³/mol. The quantitative estimate of drug-likeness (QED) is 0.761. The highest BCUT2D eigenvalue weighted by Gasteiger charge is 2.30. The summed E-state index contributed by atoms with van der Waals surface area (Å²) in [4.78, 5) is 0. The molecule has 0 bridgehead atoms. The smallest absolute Gasteiger partial charge is 0.171 e. The molecule has 1 atom stereocenters. The van der Waals surface area contributed by atoms with Gasteiger partial charge in [0.1, 0.15) is 0 Å². The van der Waals surface area contributed by atoms with Crippen LogP contribution in [0.4, 0.5) is 0 Å². The maximum Gasteiger partial charge on any atom is 0.171 e. The molecule has 1 aromatic carbocycles. The van der Waals surface area contributed by atoms with E-state index in [1.54, 1.807) is 0 Å². The van der Waals surface area contributed by atoms with Crippen molar-refractivity contribution in [2.24, 2.45) is 0 Å². The molecular formula is C13H13ClN2S. The molecule has 1 aromatic rings. The fourth-order valence-electron chi connectivity index (χ4n) is 2.59. The average molecular weight is 265 g/mol. The Morgan fingerprint density at radius 2 is 2.06 bits per heavy atom. The molecule has 0 aromatic heterocycles. The fraction of sp³-hybridized carbons (Fsp3) is 0.308. The summed E-state index contributed by atoms with van der Waals surface area (Å²) in [6, 6.07) is 8.11. The lowest BCUT2D eigenvalue weighted by Gasteiger charge is -2.29. The molecule has 0 saturated heterocycles. The van der Waals surface area contributed by atoms with Crippen LogP contribution in [0, 0.1) is 0 Å². The molecular weight excluding hydrogens is 252 g/mol. The van der Waals surface area contributed by atoms with E-state index in [-0.39, 0.29) is 6.04 Å². The molecule has 0 radical (unpaired) electrons. The van der Waals surface area contributed by atoms with Crippen molar-refractivity contribution in [3.63, 3.8) is 0 Å². The lowest BCUT2D eigenvalue weighted by molar-refractivity contribution is 0.683. The Balaban J connectivity index is 2.05. The van der Waals surface area contributed by atoms with Crippen molar-refractivity contribution in [2.45, 2.75) is 25.3 Å². The Hall–Kier alpha value is -1.06. The van der Waals surface area contributed by atoms with E-state index >= 15 is 0 Å². The Morgan fingerprint density at radius 1 is 1.24 bits per heavy atom. The largest absolute Gasteiger partial charge is 0.352 e. The highest BCUT2D eigenvalue weighted by Crippen LogP contribution is 2.38. The van der Waals surface area contributed by atoms with Gasteiger partial charge < -0.3 is 10.6 Å². The van der Waals surface area contributed by atoms with Crippen molar-refractivity contribution >= 4 is 28.9 Å². The maximum absolute atomic E-state index is 6.27. The van der Waals surface area contributed by atoms with Crippen LogP contribution in [-0.4, -0.2) is 5.11 Å². The Labute approximate surface area is 111 Å². The zero-order valence-electron chi connectivity index (χ0n) is 9.29. The summed E-state index contributed by atoms with van der Waals surface area (Å²) in [7, 11) is 0. The van der Waals surface area contributed by atoms with Gasteiger partial charge >= 0.3 is 0 Å². The van der Waals surface area contributed by atoms with Crippen LogP contribution in [-0.2, 0) is 0 Å². The molecule has 1 heterocycles. The van der Waals surface area contributed by atoms with Crippen LogP contribution in [0.3, 0.4) is 0 Å². The van der Waals surface area contributed by atoms with E-state index in [4.69, 9.17) is 23.8 Å². The normalized spacial score (nSPS) is 23.1. The van der Waals surface area contributed by atoms with Gasteiger partial charge in [-0.3, -0.25) is 0 Å². The third-order valence-corrected chi connectivity index (χ3v) is 3.93. The van der Waals surface area contributed by atoms with Crippen LogP contribution in [0.2, 0.25) is 5.02 Å². The maximum atomic E-state index is 6.27. The second kappa shape index (κ2) is 4.31. The van der Waals surface area contributed by atoms with E-state index in [0.29, 0.717) is 5.11 Å². The van der Waals surface area contributed by atoms with Crippen LogP contribution >= 0.6 is 23.8 Å². The minimum Gasteiger partial charge on any atom is -0.352 e. The van der Waals surface area contributed by atoms with Gasteiger partial charge in [0, 0.05) is 10.7 Å². The highest BCUT2D eigenvalue weighted by molar-refractivity contribution is 7.80.